The molecule has 0 unspecified atom stereocenters. The lowest BCUT2D eigenvalue weighted by atomic mass is 10.1. The van der Waals surface area contributed by atoms with Gasteiger partial charge in [0.05, 0.1) is 20.6 Å². The number of carbonyl (C=O) groups is 1. The Morgan fingerprint density at radius 3 is 2.36 bits per heavy atom. The monoisotopic (exact) mass is 335 g/mol. The number of nitrogens with one attached hydrogen (secondary N) is 1. The summed E-state index contributed by atoms with van der Waals surface area (Å²) in [6.07, 6.45) is 0.335. The summed E-state index contributed by atoms with van der Waals surface area (Å²) in [4.78, 5) is 12.2. The fraction of sp³-hybridized carbons (Fsp3) is 0.190. The molecule has 0 saturated heterocycles. The Kier molecular flexibility index (Phi) is 5.19. The van der Waals surface area contributed by atoms with Crippen molar-refractivity contribution in [2.75, 3.05) is 14.2 Å². The summed E-state index contributed by atoms with van der Waals surface area (Å²) in [5, 5.41) is 5.21. The molecule has 0 spiro atoms. The Morgan fingerprint density at radius 2 is 1.56 bits per heavy atom. The van der Waals surface area contributed by atoms with E-state index in [4.69, 9.17) is 9.47 Å². The van der Waals surface area contributed by atoms with Crippen LogP contribution in [0.1, 0.15) is 11.1 Å². The minimum Gasteiger partial charge on any atom is -0.497 e. The molecule has 0 aliphatic carbocycles. The molecule has 128 valence electrons. The van der Waals surface area contributed by atoms with Gasteiger partial charge in [0.2, 0.25) is 5.91 Å². The molecule has 3 rings (SSSR count). The Labute approximate surface area is 147 Å². The van der Waals surface area contributed by atoms with Gasteiger partial charge in [-0.25, -0.2) is 0 Å². The molecule has 0 heterocycles. The van der Waals surface area contributed by atoms with Gasteiger partial charge in [0.15, 0.2) is 0 Å². The summed E-state index contributed by atoms with van der Waals surface area (Å²) in [6, 6.07) is 19.7. The average molecular weight is 335 g/mol. The SMILES string of the molecule is COc1cccc(CC(=O)NCc2ccc3cc(OC)ccc3c2)c1. The largest absolute Gasteiger partial charge is 0.497 e. The van der Waals surface area contributed by atoms with Crippen molar-refractivity contribution < 1.29 is 14.3 Å². The predicted molar refractivity (Wildman–Crippen MR) is 99.0 cm³/mol. The number of methoxy groups -OCH3 is 2. The number of benzene rings is 3. The van der Waals surface area contributed by atoms with Crippen molar-refractivity contribution in [1.82, 2.24) is 5.32 Å². The second-order valence-corrected chi connectivity index (χ2v) is 5.85. The van der Waals surface area contributed by atoms with Crippen molar-refractivity contribution in [3.8, 4) is 11.5 Å². The van der Waals surface area contributed by atoms with Crippen LogP contribution in [0.15, 0.2) is 60.7 Å². The summed E-state index contributed by atoms with van der Waals surface area (Å²) in [5.41, 5.74) is 2.00. The summed E-state index contributed by atoms with van der Waals surface area (Å²) >= 11 is 0. The van der Waals surface area contributed by atoms with Crippen molar-refractivity contribution in [3.63, 3.8) is 0 Å². The molecule has 0 bridgehead atoms. The molecular weight excluding hydrogens is 314 g/mol. The van der Waals surface area contributed by atoms with Gasteiger partial charge in [0.1, 0.15) is 11.5 Å². The molecule has 3 aromatic rings. The highest BCUT2D eigenvalue weighted by atomic mass is 16.5. The van der Waals surface area contributed by atoms with Gasteiger partial charge in [0.25, 0.3) is 0 Å². The zero-order valence-corrected chi connectivity index (χ0v) is 14.4. The first kappa shape index (κ1) is 16.8. The van der Waals surface area contributed by atoms with E-state index in [-0.39, 0.29) is 5.91 Å². The molecule has 0 saturated carbocycles. The van der Waals surface area contributed by atoms with Gasteiger partial charge in [-0.2, -0.15) is 0 Å². The summed E-state index contributed by atoms with van der Waals surface area (Å²) in [5.74, 6) is 1.59. The third-order valence-corrected chi connectivity index (χ3v) is 4.10. The molecule has 0 aliphatic heterocycles. The smallest absolute Gasteiger partial charge is 0.224 e. The summed E-state index contributed by atoms with van der Waals surface area (Å²) in [6.45, 7) is 0.505. The molecular formula is C21H21NO3. The zero-order valence-electron chi connectivity index (χ0n) is 14.4. The van der Waals surface area contributed by atoms with Gasteiger partial charge in [-0.1, -0.05) is 30.3 Å². The van der Waals surface area contributed by atoms with E-state index in [9.17, 15) is 4.79 Å². The fourth-order valence-electron chi connectivity index (χ4n) is 2.74. The first-order valence-electron chi connectivity index (χ1n) is 8.14. The number of amides is 1. The second kappa shape index (κ2) is 7.71. The molecule has 0 atom stereocenters. The maximum absolute atomic E-state index is 12.2. The average Bonchev–Trinajstić information content (AvgIpc) is 2.66. The van der Waals surface area contributed by atoms with E-state index < -0.39 is 0 Å². The van der Waals surface area contributed by atoms with Crippen LogP contribution in [-0.2, 0) is 17.8 Å². The van der Waals surface area contributed by atoms with Gasteiger partial charge < -0.3 is 14.8 Å². The molecule has 1 N–H and O–H groups in total. The number of ether oxygens (including phenoxy) is 2. The highest BCUT2D eigenvalue weighted by molar-refractivity contribution is 5.85. The van der Waals surface area contributed by atoms with E-state index in [1.807, 2.05) is 54.6 Å². The van der Waals surface area contributed by atoms with E-state index in [1.165, 1.54) is 0 Å². The number of rotatable bonds is 6. The number of hydrogen-bond donors (Lipinski definition) is 1. The van der Waals surface area contributed by atoms with Crippen LogP contribution in [0.4, 0.5) is 0 Å². The number of carbonyl (C=O) groups excluding carboxylic acids is 1. The van der Waals surface area contributed by atoms with Crippen molar-refractivity contribution >= 4 is 16.7 Å². The first-order valence-corrected chi connectivity index (χ1v) is 8.14. The highest BCUT2D eigenvalue weighted by Gasteiger charge is 2.05. The topological polar surface area (TPSA) is 47.6 Å². The Bertz CT molecular complexity index is 889. The maximum Gasteiger partial charge on any atom is 0.224 e. The van der Waals surface area contributed by atoms with Crippen LogP contribution in [0.25, 0.3) is 10.8 Å². The minimum absolute atomic E-state index is 0.0110. The molecule has 0 aromatic heterocycles. The van der Waals surface area contributed by atoms with E-state index >= 15 is 0 Å². The standard InChI is InChI=1S/C21H21NO3/c1-24-19-5-3-4-15(11-19)12-21(23)22-14-16-6-7-18-13-20(25-2)9-8-17(18)10-16/h3-11,13H,12,14H2,1-2H3,(H,22,23). The van der Waals surface area contributed by atoms with Gasteiger partial charge in [0, 0.05) is 6.54 Å². The maximum atomic E-state index is 12.2. The van der Waals surface area contributed by atoms with Gasteiger partial charge in [-0.05, 0) is 52.2 Å². The lowest BCUT2D eigenvalue weighted by Gasteiger charge is -2.08. The second-order valence-electron chi connectivity index (χ2n) is 5.85. The first-order chi connectivity index (χ1) is 12.2. The summed E-state index contributed by atoms with van der Waals surface area (Å²) in [7, 11) is 3.28. The molecule has 0 radical (unpaired) electrons. The minimum atomic E-state index is -0.0110. The third kappa shape index (κ3) is 4.29. The van der Waals surface area contributed by atoms with Gasteiger partial charge in [-0.3, -0.25) is 4.79 Å². The molecule has 4 nitrogen and oxygen atoms in total. The lowest BCUT2D eigenvalue weighted by molar-refractivity contribution is -0.120. The molecule has 25 heavy (non-hydrogen) atoms. The fourth-order valence-corrected chi connectivity index (χ4v) is 2.74. The highest BCUT2D eigenvalue weighted by Crippen LogP contribution is 2.21. The van der Waals surface area contributed by atoms with Crippen LogP contribution in [0.2, 0.25) is 0 Å². The summed E-state index contributed by atoms with van der Waals surface area (Å²) < 4.78 is 10.4. The third-order valence-electron chi connectivity index (χ3n) is 4.10. The van der Waals surface area contributed by atoms with Crippen LogP contribution < -0.4 is 14.8 Å². The Balaban J connectivity index is 1.62. The normalized spacial score (nSPS) is 10.5. The van der Waals surface area contributed by atoms with Crippen LogP contribution in [0, 0.1) is 0 Å². The Hall–Kier alpha value is -3.01. The van der Waals surface area contributed by atoms with Crippen LogP contribution >= 0.6 is 0 Å². The van der Waals surface area contributed by atoms with E-state index in [1.54, 1.807) is 14.2 Å². The molecule has 4 heteroatoms. The number of fused-ring (bicyclic) bond motifs is 1. The van der Waals surface area contributed by atoms with Crippen LogP contribution in [0.5, 0.6) is 11.5 Å². The molecule has 1 amide bonds. The molecule has 0 fully saturated rings. The molecule has 0 aliphatic rings. The van der Waals surface area contributed by atoms with E-state index in [2.05, 4.69) is 11.4 Å². The number of hydrogen-bond acceptors (Lipinski definition) is 3. The lowest BCUT2D eigenvalue weighted by Crippen LogP contribution is -2.24. The molecule has 3 aromatic carbocycles. The Morgan fingerprint density at radius 1 is 0.840 bits per heavy atom. The van der Waals surface area contributed by atoms with Crippen molar-refractivity contribution in [3.05, 3.63) is 71.8 Å². The van der Waals surface area contributed by atoms with Crippen molar-refractivity contribution in [1.29, 1.82) is 0 Å². The quantitative estimate of drug-likeness (QED) is 0.747. The van der Waals surface area contributed by atoms with Gasteiger partial charge >= 0.3 is 0 Å². The predicted octanol–water partition coefficient (Wildman–Crippen LogP) is 3.72. The van der Waals surface area contributed by atoms with Crippen molar-refractivity contribution in [2.24, 2.45) is 0 Å². The van der Waals surface area contributed by atoms with Gasteiger partial charge in [-0.15, -0.1) is 0 Å². The van der Waals surface area contributed by atoms with Crippen LogP contribution in [0.3, 0.4) is 0 Å². The van der Waals surface area contributed by atoms with Crippen molar-refractivity contribution in [2.45, 2.75) is 13.0 Å². The van der Waals surface area contributed by atoms with E-state index in [0.29, 0.717) is 13.0 Å². The van der Waals surface area contributed by atoms with Crippen LogP contribution in [-0.4, -0.2) is 20.1 Å². The zero-order chi connectivity index (χ0) is 17.6. The van der Waals surface area contributed by atoms with E-state index in [0.717, 1.165) is 33.4 Å².